The van der Waals surface area contributed by atoms with Crippen molar-refractivity contribution in [3.63, 3.8) is 0 Å². The minimum Gasteiger partial charge on any atom is -0.867 e. The van der Waals surface area contributed by atoms with E-state index in [1.807, 2.05) is 0 Å². The average molecular weight is 556 g/mol. The molecule has 0 heterocycles. The normalized spacial score (nSPS) is 12.2. The molecule has 0 fully saturated rings. The van der Waals surface area contributed by atoms with Gasteiger partial charge >= 0.3 is 26.2 Å². The third kappa shape index (κ3) is 11.9. The predicted molar refractivity (Wildman–Crippen MR) is 130 cm³/mol. The molecule has 35 heavy (non-hydrogen) atoms. The van der Waals surface area contributed by atoms with Crippen LogP contribution in [0.2, 0.25) is 0 Å². The van der Waals surface area contributed by atoms with Crippen molar-refractivity contribution in [3.8, 4) is 34.5 Å². The number of methoxy groups -OCH3 is 4. The van der Waals surface area contributed by atoms with Gasteiger partial charge in [-0.2, -0.15) is 12.2 Å². The van der Waals surface area contributed by atoms with Gasteiger partial charge in [-0.15, -0.1) is 12.8 Å². The van der Waals surface area contributed by atoms with Gasteiger partial charge in [0.1, 0.15) is 23.0 Å². The molecule has 6 nitrogen and oxygen atoms in total. The zero-order valence-electron chi connectivity index (χ0n) is 21.1. The second-order valence-corrected chi connectivity index (χ2v) is 6.92. The number of rotatable bonds is 4. The van der Waals surface area contributed by atoms with E-state index in [1.54, 1.807) is 36.4 Å². The summed E-state index contributed by atoms with van der Waals surface area (Å²) in [6.45, 7) is 4.12. The van der Waals surface area contributed by atoms with Crippen LogP contribution in [0.1, 0.15) is 26.7 Å². The van der Waals surface area contributed by atoms with Gasteiger partial charge in [-0.25, -0.2) is 23.3 Å². The van der Waals surface area contributed by atoms with Gasteiger partial charge in [0.25, 0.3) is 0 Å². The molecule has 2 aliphatic rings. The van der Waals surface area contributed by atoms with Gasteiger partial charge in [-0.3, -0.25) is 12.2 Å². The van der Waals surface area contributed by atoms with Crippen molar-refractivity contribution in [2.75, 3.05) is 28.4 Å². The van der Waals surface area contributed by atoms with Crippen LogP contribution in [-0.4, -0.2) is 28.4 Å². The smallest absolute Gasteiger partial charge is 0.867 e. The molecular weight excluding hydrogens is 524 g/mol. The van der Waals surface area contributed by atoms with E-state index < -0.39 is 0 Å². The zero-order chi connectivity index (χ0) is 25.3. The first-order chi connectivity index (χ1) is 16.4. The molecular formula is C28H32O6Zr. The van der Waals surface area contributed by atoms with Crippen molar-refractivity contribution >= 4 is 0 Å². The minimum atomic E-state index is -0.211. The van der Waals surface area contributed by atoms with E-state index in [0.29, 0.717) is 23.0 Å². The Hall–Kier alpha value is -2.92. The maximum Gasteiger partial charge on any atom is 4.00 e. The molecule has 2 aromatic carbocycles. The summed E-state index contributed by atoms with van der Waals surface area (Å²) in [5.74, 6) is 0.817. The number of ether oxygens (including phenoxy) is 4. The molecule has 0 aliphatic heterocycles. The largest absolute Gasteiger partial charge is 4.00 e. The summed E-state index contributed by atoms with van der Waals surface area (Å²) in [6, 6.07) is 9.82. The number of benzene rings is 2. The van der Waals surface area contributed by atoms with Crippen molar-refractivity contribution in [2.24, 2.45) is 0 Å². The van der Waals surface area contributed by atoms with Crippen molar-refractivity contribution in [2.45, 2.75) is 26.7 Å². The second-order valence-electron chi connectivity index (χ2n) is 6.92. The molecule has 0 spiro atoms. The Balaban J connectivity index is 0.000000452. The molecule has 0 radical (unpaired) electrons. The van der Waals surface area contributed by atoms with Crippen LogP contribution >= 0.6 is 0 Å². The van der Waals surface area contributed by atoms with Crippen molar-refractivity contribution in [1.82, 2.24) is 0 Å². The third-order valence-electron chi connectivity index (χ3n) is 4.50. The Labute approximate surface area is 228 Å². The van der Waals surface area contributed by atoms with E-state index >= 15 is 0 Å². The maximum absolute atomic E-state index is 11.2. The molecule has 0 saturated carbocycles. The molecule has 2 aromatic rings. The Kier molecular flexibility index (Phi) is 16.9. The molecule has 0 aromatic heterocycles. The summed E-state index contributed by atoms with van der Waals surface area (Å²) < 4.78 is 19.2. The quantitative estimate of drug-likeness (QED) is 0.497. The SMILES string of the molecule is CC1=[C-]CC=C1.CC1=[C-]CC=C1.COc1cccc(OC)c1[O-].COc1cccc(OC)c1[O-].[Zr+4]. The fourth-order valence-corrected chi connectivity index (χ4v) is 2.66. The first-order valence-corrected chi connectivity index (χ1v) is 10.6. The molecule has 2 aliphatic carbocycles. The van der Waals surface area contributed by atoms with Crippen LogP contribution in [0.15, 0.2) is 71.8 Å². The molecule has 0 unspecified atom stereocenters. The Bertz CT molecular complexity index is 877. The summed E-state index contributed by atoms with van der Waals surface area (Å²) in [6.07, 6.45) is 16.7. The van der Waals surface area contributed by atoms with E-state index in [0.717, 1.165) is 12.8 Å². The van der Waals surface area contributed by atoms with Gasteiger partial charge in [-0.05, 0) is 35.8 Å². The second kappa shape index (κ2) is 18.4. The summed E-state index contributed by atoms with van der Waals surface area (Å²) in [5, 5.41) is 22.4. The number of hydrogen-bond acceptors (Lipinski definition) is 6. The summed E-state index contributed by atoms with van der Waals surface area (Å²) >= 11 is 0. The third-order valence-corrected chi connectivity index (χ3v) is 4.50. The number of para-hydroxylation sites is 2. The molecule has 7 heteroatoms. The van der Waals surface area contributed by atoms with Crippen LogP contribution in [0.25, 0.3) is 0 Å². The molecule has 0 bridgehead atoms. The summed E-state index contributed by atoms with van der Waals surface area (Å²) in [5.41, 5.74) is 2.55. The van der Waals surface area contributed by atoms with Gasteiger partial charge in [0.15, 0.2) is 0 Å². The Morgan fingerprint density at radius 3 is 1.03 bits per heavy atom. The minimum absolute atomic E-state index is 0. The Morgan fingerprint density at radius 1 is 0.600 bits per heavy atom. The molecule has 0 amide bonds. The van der Waals surface area contributed by atoms with Crippen LogP contribution in [0, 0.1) is 12.2 Å². The van der Waals surface area contributed by atoms with Crippen LogP contribution < -0.4 is 29.2 Å². The van der Waals surface area contributed by atoms with Gasteiger partial charge in [0.2, 0.25) is 0 Å². The average Bonchev–Trinajstić information content (AvgIpc) is 3.54. The molecule has 0 atom stereocenters. The fourth-order valence-electron chi connectivity index (χ4n) is 2.66. The van der Waals surface area contributed by atoms with Crippen LogP contribution in [0.3, 0.4) is 0 Å². The van der Waals surface area contributed by atoms with Gasteiger partial charge in [-0.1, -0.05) is 26.0 Å². The van der Waals surface area contributed by atoms with Gasteiger partial charge in [0, 0.05) is 0 Å². The molecule has 4 rings (SSSR count). The van der Waals surface area contributed by atoms with Crippen LogP contribution in [0.4, 0.5) is 0 Å². The molecule has 0 saturated heterocycles. The van der Waals surface area contributed by atoms with Gasteiger partial charge < -0.3 is 29.2 Å². The van der Waals surface area contributed by atoms with Crippen molar-refractivity contribution in [3.05, 3.63) is 84.0 Å². The van der Waals surface area contributed by atoms with E-state index in [-0.39, 0.29) is 37.7 Å². The fraction of sp³-hybridized carbons (Fsp3) is 0.286. The Morgan fingerprint density at radius 2 is 0.886 bits per heavy atom. The van der Waals surface area contributed by atoms with Crippen molar-refractivity contribution in [1.29, 1.82) is 0 Å². The first kappa shape index (κ1) is 32.1. The van der Waals surface area contributed by atoms with E-state index in [9.17, 15) is 10.2 Å². The van der Waals surface area contributed by atoms with Crippen LogP contribution in [-0.2, 0) is 26.2 Å². The van der Waals surface area contributed by atoms with Crippen molar-refractivity contribution < 1.29 is 55.4 Å². The monoisotopic (exact) mass is 554 g/mol. The molecule has 0 N–H and O–H groups in total. The van der Waals surface area contributed by atoms with Crippen LogP contribution in [0.5, 0.6) is 34.5 Å². The predicted octanol–water partition coefficient (Wildman–Crippen LogP) is 4.94. The summed E-state index contributed by atoms with van der Waals surface area (Å²) in [7, 11) is 5.82. The summed E-state index contributed by atoms with van der Waals surface area (Å²) in [4.78, 5) is 0. The topological polar surface area (TPSA) is 83.0 Å². The van der Waals surface area contributed by atoms with E-state index in [4.69, 9.17) is 18.9 Å². The van der Waals surface area contributed by atoms with E-state index in [2.05, 4.69) is 50.3 Å². The number of allylic oxidation sites excluding steroid dienone is 8. The number of hydrogen-bond donors (Lipinski definition) is 0. The van der Waals surface area contributed by atoms with E-state index in [1.165, 1.54) is 39.6 Å². The molecule has 184 valence electrons. The first-order valence-electron chi connectivity index (χ1n) is 10.6. The maximum atomic E-state index is 11.2. The zero-order valence-corrected chi connectivity index (χ0v) is 23.6. The standard InChI is InChI=1S/2C8H10O3.2C6H7.Zr/c2*1-10-6-4-3-5-7(11-2)8(6)9;2*1-6-4-2-3-5-6;/h2*3-5,9H,1-2H3;2*2,4H,3H2,1H3;/q;;2*-1;+4/p-2. The van der Waals surface area contributed by atoms with Gasteiger partial charge in [0.05, 0.1) is 28.4 Å².